The van der Waals surface area contributed by atoms with Gasteiger partial charge < -0.3 is 42.6 Å². The minimum atomic E-state index is -1.45. The van der Waals surface area contributed by atoms with Gasteiger partial charge in [0.2, 0.25) is 0 Å². The first-order valence-corrected chi connectivity index (χ1v) is 23.5. The third-order valence-electron chi connectivity index (χ3n) is 11.9. The molecule has 4 saturated heterocycles. The van der Waals surface area contributed by atoms with Crippen LogP contribution < -0.4 is 11.4 Å². The Morgan fingerprint density at radius 1 is 0.785 bits per heavy atom. The minimum absolute atomic E-state index is 0.190. The minimum Gasteiger partial charge on any atom is -0.438 e. The fourth-order valence-corrected chi connectivity index (χ4v) is 10.3. The number of ether oxygens (including phenoxy) is 6. The van der Waals surface area contributed by atoms with E-state index in [2.05, 4.69) is 33.7 Å². The maximum Gasteiger partial charge on any atom is 0.349 e. The lowest BCUT2D eigenvalue weighted by Crippen LogP contribution is -2.40. The monoisotopic (exact) mass is 927 g/mol. The zero-order valence-corrected chi connectivity index (χ0v) is 40.3. The molecule has 4 aliphatic rings. The second kappa shape index (κ2) is 20.9. The van der Waals surface area contributed by atoms with Crippen molar-refractivity contribution in [3.8, 4) is 0 Å². The van der Waals surface area contributed by atoms with Crippen molar-refractivity contribution in [2.45, 2.75) is 163 Å². The second-order valence-corrected chi connectivity index (χ2v) is 20.4. The predicted molar refractivity (Wildman–Crippen MR) is 238 cm³/mol. The lowest BCUT2D eigenvalue weighted by atomic mass is 9.87. The number of benzene rings is 1. The number of hydrogen-bond acceptors (Lipinski definition) is 16. The molecule has 358 valence electrons. The Kier molecular flexibility index (Phi) is 16.2. The molecule has 65 heavy (non-hydrogen) atoms. The summed E-state index contributed by atoms with van der Waals surface area (Å²) in [5, 5.41) is 10.4. The Balaban J connectivity index is 0.000000241. The van der Waals surface area contributed by atoms with Crippen LogP contribution >= 0.6 is 8.53 Å². The number of aliphatic hydroxyl groups is 1. The molecule has 19 heteroatoms. The Hall–Kier alpha value is -3.97. The second-order valence-electron chi connectivity index (χ2n) is 19.0. The highest BCUT2D eigenvalue weighted by molar-refractivity contribution is 7.45. The highest BCUT2D eigenvalue weighted by Gasteiger charge is 2.58. The van der Waals surface area contributed by atoms with Crippen LogP contribution in [-0.2, 0) is 52.7 Å². The Bertz CT molecular complexity index is 2210. The van der Waals surface area contributed by atoms with Crippen LogP contribution in [0.1, 0.15) is 117 Å². The van der Waals surface area contributed by atoms with E-state index in [-0.39, 0.29) is 31.7 Å². The summed E-state index contributed by atoms with van der Waals surface area (Å²) in [6.45, 7) is 20.3. The standard InChI is InChI=1S/C29H40N3O7P.C17H26N2O6/c1-7-21-23(38-40-32-16-11-14-22(32)29(6,39-40)20-12-9-8-10-13-20)24(35-18-36-26(33)28(3,4)5)25(37-21)31-17-15-19(2)30-27(31)34;1-6-11-12(20)13(23-9-24-15(21)17(3,4)5)14(25-11)19-8-7-10(2)18-16(19)22/h8-10,12-13,15,17,21-25H,7,11,14,16,18H2,1-6H3;7-8,11-14,20H,6,9H2,1-5H3/t21-,22+,23?,24+,25-,29-,40+;11-,12?,13+,14-/m11/s1. The molecule has 18 nitrogen and oxygen atoms in total. The van der Waals surface area contributed by atoms with E-state index in [0.29, 0.717) is 24.2 Å². The van der Waals surface area contributed by atoms with Crippen molar-refractivity contribution in [1.82, 2.24) is 23.8 Å². The number of carbonyl (C=O) groups excluding carboxylic acids is 2. The molecule has 0 radical (unpaired) electrons. The zero-order valence-electron chi connectivity index (χ0n) is 39.4. The van der Waals surface area contributed by atoms with Gasteiger partial charge in [-0.2, -0.15) is 9.97 Å². The van der Waals surface area contributed by atoms with Crippen molar-refractivity contribution in [1.29, 1.82) is 0 Å². The molecule has 0 aliphatic carbocycles. The molecular weight excluding hydrogens is 862 g/mol. The smallest absolute Gasteiger partial charge is 0.349 e. The van der Waals surface area contributed by atoms with Gasteiger partial charge in [-0.1, -0.05) is 44.2 Å². The van der Waals surface area contributed by atoms with Crippen molar-refractivity contribution in [3.63, 3.8) is 0 Å². The van der Waals surface area contributed by atoms with Gasteiger partial charge in [0.1, 0.15) is 30.0 Å². The maximum absolute atomic E-state index is 12.9. The zero-order chi connectivity index (χ0) is 47.4. The molecule has 2 aromatic heterocycles. The molecule has 3 aromatic rings. The number of esters is 2. The lowest BCUT2D eigenvalue weighted by molar-refractivity contribution is -0.179. The SMILES string of the molecule is CC[C@H]1O[C@@H](n2ccc(C)nc2=O)[C@@H](OCOC(=O)C(C)(C)C)C1O.CC[C@H]1O[C@@H](n2ccc(C)nc2=O)[C@@H](OCOC(=O)C(C)(C)C)C1O[P@@]1O[C@](C)(c2ccccc2)[C@@H]2CCCN21. The van der Waals surface area contributed by atoms with E-state index >= 15 is 0 Å². The number of aromatic nitrogens is 4. The first kappa shape index (κ1) is 50.4. The van der Waals surface area contributed by atoms with Crippen LogP contribution in [0.25, 0.3) is 0 Å². The van der Waals surface area contributed by atoms with Crippen molar-refractivity contribution in [3.05, 3.63) is 92.8 Å². The summed E-state index contributed by atoms with van der Waals surface area (Å²) in [7, 11) is -1.45. The highest BCUT2D eigenvalue weighted by Crippen LogP contribution is 2.64. The molecule has 11 atom stereocenters. The summed E-state index contributed by atoms with van der Waals surface area (Å²) >= 11 is 0. The van der Waals surface area contributed by atoms with Crippen LogP contribution in [0.15, 0.2) is 64.4 Å². The van der Waals surface area contributed by atoms with Crippen molar-refractivity contribution in [2.24, 2.45) is 10.8 Å². The number of nitrogens with zero attached hydrogens (tertiary/aromatic N) is 5. The maximum atomic E-state index is 12.9. The van der Waals surface area contributed by atoms with Crippen molar-refractivity contribution >= 4 is 20.5 Å². The number of aliphatic hydroxyl groups excluding tert-OH is 1. The molecule has 1 N–H and O–H groups in total. The average molecular weight is 928 g/mol. The van der Waals surface area contributed by atoms with E-state index in [0.717, 1.165) is 24.9 Å². The first-order chi connectivity index (χ1) is 30.7. The topological polar surface area (TPSA) is 201 Å². The van der Waals surface area contributed by atoms with Gasteiger partial charge in [0.15, 0.2) is 26.0 Å². The normalized spacial score (nSPS) is 30.2. The van der Waals surface area contributed by atoms with Gasteiger partial charge in [-0.25, -0.2) is 14.3 Å². The van der Waals surface area contributed by atoms with Crippen molar-refractivity contribution in [2.75, 3.05) is 20.1 Å². The molecule has 6 heterocycles. The average Bonchev–Trinajstić information content (AvgIpc) is 4.01. The van der Waals surface area contributed by atoms with E-state index in [1.165, 1.54) is 9.13 Å². The van der Waals surface area contributed by atoms with Crippen LogP contribution in [0.3, 0.4) is 0 Å². The van der Waals surface area contributed by atoms with Gasteiger partial charge in [-0.05, 0) is 106 Å². The molecule has 2 unspecified atom stereocenters. The Labute approximate surface area is 381 Å². The number of fused-ring (bicyclic) bond motifs is 1. The Morgan fingerprint density at radius 2 is 1.29 bits per heavy atom. The third-order valence-corrected chi connectivity index (χ3v) is 13.8. The van der Waals surface area contributed by atoms with E-state index in [1.807, 2.05) is 32.0 Å². The molecule has 4 fully saturated rings. The van der Waals surface area contributed by atoms with Gasteiger partial charge in [0.25, 0.3) is 8.53 Å². The molecule has 0 spiro atoms. The summed E-state index contributed by atoms with van der Waals surface area (Å²) in [5.74, 6) is -0.803. The summed E-state index contributed by atoms with van der Waals surface area (Å²) in [6, 6.07) is 13.9. The predicted octanol–water partition coefficient (Wildman–Crippen LogP) is 5.97. The molecule has 0 amide bonds. The van der Waals surface area contributed by atoms with Gasteiger partial charge in [0, 0.05) is 30.3 Å². The lowest BCUT2D eigenvalue weighted by Gasteiger charge is -2.30. The van der Waals surface area contributed by atoms with Crippen LogP contribution in [0, 0.1) is 24.7 Å². The van der Waals surface area contributed by atoms with E-state index in [4.69, 9.17) is 37.5 Å². The summed E-state index contributed by atoms with van der Waals surface area (Å²) in [5.41, 5.74) is -0.469. The van der Waals surface area contributed by atoms with E-state index in [1.54, 1.807) is 79.9 Å². The molecule has 4 aliphatic heterocycles. The fraction of sp³-hybridized carbons (Fsp3) is 0.652. The summed E-state index contributed by atoms with van der Waals surface area (Å²) in [4.78, 5) is 57.2. The largest absolute Gasteiger partial charge is 0.438 e. The fourth-order valence-electron chi connectivity index (χ4n) is 8.16. The van der Waals surface area contributed by atoms with Gasteiger partial charge >= 0.3 is 23.3 Å². The summed E-state index contributed by atoms with van der Waals surface area (Å²) in [6.07, 6.45) is 0.847. The van der Waals surface area contributed by atoms with Gasteiger partial charge in [-0.15, -0.1) is 0 Å². The number of carbonyl (C=O) groups is 2. The Morgan fingerprint density at radius 3 is 1.80 bits per heavy atom. The molecule has 7 rings (SSSR count). The first-order valence-electron chi connectivity index (χ1n) is 22.3. The molecule has 0 bridgehead atoms. The van der Waals surface area contributed by atoms with Gasteiger partial charge in [-0.3, -0.25) is 18.7 Å². The number of aryl methyl sites for hydroxylation is 2. The van der Waals surface area contributed by atoms with Crippen molar-refractivity contribution < 1.29 is 52.2 Å². The summed E-state index contributed by atoms with van der Waals surface area (Å²) < 4.78 is 53.0. The van der Waals surface area contributed by atoms with Gasteiger partial charge in [0.05, 0.1) is 29.1 Å². The number of hydrogen-bond donors (Lipinski definition) is 1. The number of rotatable bonds is 13. The molecule has 1 aromatic carbocycles. The molecule has 0 saturated carbocycles. The van der Waals surface area contributed by atoms with Crippen LogP contribution in [-0.4, -0.2) is 104 Å². The van der Waals surface area contributed by atoms with E-state index in [9.17, 15) is 24.3 Å². The van der Waals surface area contributed by atoms with E-state index < -0.39 is 85.3 Å². The quantitative estimate of drug-likeness (QED) is 0.119. The molecular formula is C46H66N5O13P. The van der Waals surface area contributed by atoms with Crippen LogP contribution in [0.5, 0.6) is 0 Å². The third kappa shape index (κ3) is 11.4. The van der Waals surface area contributed by atoms with Crippen LogP contribution in [0.2, 0.25) is 0 Å². The van der Waals surface area contributed by atoms with Crippen LogP contribution in [0.4, 0.5) is 0 Å². The highest BCUT2D eigenvalue weighted by atomic mass is 31.2.